The van der Waals surface area contributed by atoms with Gasteiger partial charge in [-0.05, 0) is 25.4 Å². The summed E-state index contributed by atoms with van der Waals surface area (Å²) in [6.07, 6.45) is 1.18. The van der Waals surface area contributed by atoms with Crippen molar-refractivity contribution in [2.45, 2.75) is 40.8 Å². The van der Waals surface area contributed by atoms with Crippen LogP contribution in [-0.4, -0.2) is 9.04 Å². The van der Waals surface area contributed by atoms with Gasteiger partial charge in [-0.1, -0.05) is 20.8 Å². The van der Waals surface area contributed by atoms with Crippen molar-refractivity contribution in [2.24, 2.45) is 5.41 Å². The predicted octanol–water partition coefficient (Wildman–Crippen LogP) is 2.58. The molecule has 0 bridgehead atoms. The van der Waals surface area contributed by atoms with E-state index in [4.69, 9.17) is 4.43 Å². The van der Waals surface area contributed by atoms with E-state index in [9.17, 15) is 0 Å². The summed E-state index contributed by atoms with van der Waals surface area (Å²) in [5, 5.41) is 0. The Labute approximate surface area is 66.5 Å². The highest BCUT2D eigenvalue weighted by Gasteiger charge is 2.22. The molecule has 1 radical (unpaired) electrons. The van der Waals surface area contributed by atoms with Gasteiger partial charge in [-0.25, -0.2) is 0 Å². The Bertz CT molecular complexity index is 93.9. The molecular weight excluding hydrogens is 140 g/mol. The van der Waals surface area contributed by atoms with E-state index < -0.39 is 9.04 Å². The molecule has 0 aromatic rings. The van der Waals surface area contributed by atoms with Crippen LogP contribution in [0.4, 0.5) is 0 Å². The fourth-order valence-electron chi connectivity index (χ4n) is 0.530. The van der Waals surface area contributed by atoms with Crippen molar-refractivity contribution in [1.29, 1.82) is 0 Å². The van der Waals surface area contributed by atoms with E-state index in [0.717, 1.165) is 0 Å². The molecule has 0 spiro atoms. The van der Waals surface area contributed by atoms with Crippen molar-refractivity contribution in [3.8, 4) is 0 Å². The number of hydrogen-bond acceptors (Lipinski definition) is 1. The van der Waals surface area contributed by atoms with E-state index in [1.807, 2.05) is 0 Å². The average molecular weight is 159 g/mol. The summed E-state index contributed by atoms with van der Waals surface area (Å²) in [6.45, 7) is 13.0. The first-order valence-electron chi connectivity index (χ1n) is 3.84. The Kier molecular flexibility index (Phi) is 3.60. The molecule has 0 saturated carbocycles. The molecule has 0 aromatic carbocycles. The largest absolute Gasteiger partial charge is 0.412 e. The summed E-state index contributed by atoms with van der Waals surface area (Å²) in [6, 6.07) is 0. The van der Waals surface area contributed by atoms with E-state index in [2.05, 4.69) is 40.8 Å². The second kappa shape index (κ2) is 3.53. The molecule has 0 atom stereocenters. The van der Waals surface area contributed by atoms with E-state index in [-0.39, 0.29) is 5.41 Å². The molecule has 1 nitrogen and oxygen atoms in total. The molecule has 0 heterocycles. The van der Waals surface area contributed by atoms with Gasteiger partial charge in [-0.3, -0.25) is 0 Å². The lowest BCUT2D eigenvalue weighted by Crippen LogP contribution is -2.23. The molecule has 0 rings (SSSR count). The fourth-order valence-corrected chi connectivity index (χ4v) is 1.59. The van der Waals surface area contributed by atoms with Gasteiger partial charge in [0.2, 0.25) is 0 Å². The third kappa shape index (κ3) is 4.07. The van der Waals surface area contributed by atoms with Gasteiger partial charge in [0.15, 0.2) is 9.04 Å². The second-order valence-corrected chi connectivity index (χ2v) is 6.31. The number of hydrogen-bond donors (Lipinski definition) is 0. The van der Waals surface area contributed by atoms with Gasteiger partial charge < -0.3 is 4.43 Å². The molecule has 10 heavy (non-hydrogen) atoms. The van der Waals surface area contributed by atoms with Crippen molar-refractivity contribution in [1.82, 2.24) is 0 Å². The normalized spacial score (nSPS) is 13.2. The molecule has 0 N–H and O–H groups in total. The Hall–Kier alpha value is 0.177. The predicted molar refractivity (Wildman–Crippen MR) is 48.3 cm³/mol. The van der Waals surface area contributed by atoms with Gasteiger partial charge in [0, 0.05) is 0 Å². The second-order valence-electron chi connectivity index (χ2n) is 3.97. The van der Waals surface area contributed by atoms with Crippen LogP contribution in [0.3, 0.4) is 0 Å². The lowest BCUT2D eigenvalue weighted by molar-refractivity contribution is 0.210. The minimum atomic E-state index is -0.865. The minimum Gasteiger partial charge on any atom is -0.412 e. The molecule has 0 fully saturated rings. The first-order chi connectivity index (χ1) is 4.34. The van der Waals surface area contributed by atoms with E-state index >= 15 is 0 Å². The van der Waals surface area contributed by atoms with Crippen LogP contribution in [0.5, 0.6) is 0 Å². The van der Waals surface area contributed by atoms with Crippen LogP contribution >= 0.6 is 0 Å². The molecule has 61 valence electrons. The highest BCUT2D eigenvalue weighted by molar-refractivity contribution is 6.48. The summed E-state index contributed by atoms with van der Waals surface area (Å²) in [7, 11) is -0.865. The summed E-state index contributed by atoms with van der Waals surface area (Å²) in [4.78, 5) is 0. The SMILES string of the molecule is C[C](O[SiH](C)C)C(C)(C)C. The van der Waals surface area contributed by atoms with Gasteiger partial charge in [-0.2, -0.15) is 0 Å². The van der Waals surface area contributed by atoms with Gasteiger partial charge in [0.05, 0.1) is 6.10 Å². The maximum absolute atomic E-state index is 5.67. The van der Waals surface area contributed by atoms with Crippen molar-refractivity contribution in [2.75, 3.05) is 0 Å². The molecular formula is C8H19OSi. The van der Waals surface area contributed by atoms with E-state index in [1.54, 1.807) is 0 Å². The summed E-state index contributed by atoms with van der Waals surface area (Å²) >= 11 is 0. The molecule has 0 aliphatic rings. The maximum atomic E-state index is 5.67. The topological polar surface area (TPSA) is 9.23 Å². The third-order valence-corrected chi connectivity index (χ3v) is 2.29. The van der Waals surface area contributed by atoms with E-state index in [1.165, 1.54) is 6.10 Å². The summed E-state index contributed by atoms with van der Waals surface area (Å²) < 4.78 is 5.67. The van der Waals surface area contributed by atoms with Crippen LogP contribution in [0.25, 0.3) is 0 Å². The molecule has 2 heteroatoms. The Morgan fingerprint density at radius 3 is 1.70 bits per heavy atom. The molecule has 0 amide bonds. The van der Waals surface area contributed by atoms with Gasteiger partial charge >= 0.3 is 0 Å². The monoisotopic (exact) mass is 159 g/mol. The smallest absolute Gasteiger partial charge is 0.171 e. The van der Waals surface area contributed by atoms with Crippen LogP contribution in [0.15, 0.2) is 0 Å². The van der Waals surface area contributed by atoms with Crippen molar-refractivity contribution >= 4 is 9.04 Å². The Morgan fingerprint density at radius 1 is 1.20 bits per heavy atom. The zero-order valence-electron chi connectivity index (χ0n) is 7.99. The van der Waals surface area contributed by atoms with Crippen LogP contribution in [-0.2, 0) is 4.43 Å². The zero-order valence-corrected chi connectivity index (χ0v) is 9.14. The van der Waals surface area contributed by atoms with Gasteiger partial charge in [0.25, 0.3) is 0 Å². The molecule has 0 aliphatic heterocycles. The quantitative estimate of drug-likeness (QED) is 0.563. The third-order valence-electron chi connectivity index (χ3n) is 1.47. The van der Waals surface area contributed by atoms with Crippen molar-refractivity contribution < 1.29 is 4.43 Å². The van der Waals surface area contributed by atoms with Crippen LogP contribution < -0.4 is 0 Å². The first kappa shape index (κ1) is 10.2. The van der Waals surface area contributed by atoms with Gasteiger partial charge in [0.1, 0.15) is 0 Å². The Morgan fingerprint density at radius 2 is 1.60 bits per heavy atom. The molecule has 0 aliphatic carbocycles. The molecule has 0 unspecified atom stereocenters. The zero-order chi connectivity index (χ0) is 8.36. The summed E-state index contributed by atoms with van der Waals surface area (Å²) in [5.74, 6) is 0. The van der Waals surface area contributed by atoms with Crippen LogP contribution in [0, 0.1) is 11.5 Å². The molecule has 0 aromatic heterocycles. The van der Waals surface area contributed by atoms with E-state index in [0.29, 0.717) is 0 Å². The average Bonchev–Trinajstić information content (AvgIpc) is 1.60. The van der Waals surface area contributed by atoms with Crippen molar-refractivity contribution in [3.63, 3.8) is 0 Å². The van der Waals surface area contributed by atoms with Gasteiger partial charge in [-0.15, -0.1) is 0 Å². The fraction of sp³-hybridized carbons (Fsp3) is 0.875. The van der Waals surface area contributed by atoms with Crippen LogP contribution in [0.1, 0.15) is 27.7 Å². The lowest BCUT2D eigenvalue weighted by Gasteiger charge is -2.27. The Balaban J connectivity index is 3.73. The lowest BCUT2D eigenvalue weighted by atomic mass is 9.91. The minimum absolute atomic E-state index is 0.220. The van der Waals surface area contributed by atoms with Crippen molar-refractivity contribution in [3.05, 3.63) is 6.10 Å². The standard InChI is InChI=1S/C8H19OSi/c1-7(8(2,3)4)9-10(5)6/h10H,1-6H3. The highest BCUT2D eigenvalue weighted by atomic mass is 28.3. The molecule has 0 saturated heterocycles. The van der Waals surface area contributed by atoms with Crippen LogP contribution in [0.2, 0.25) is 13.1 Å². The highest BCUT2D eigenvalue weighted by Crippen LogP contribution is 2.28. The summed E-state index contributed by atoms with van der Waals surface area (Å²) in [5.41, 5.74) is 0.220. The first-order valence-corrected chi connectivity index (χ1v) is 6.63. The number of rotatable bonds is 2. The maximum Gasteiger partial charge on any atom is 0.171 e.